The number of aliphatic carboxylic acids is 2. The predicted octanol–water partition coefficient (Wildman–Crippen LogP) is 2.61. The molecule has 0 saturated carbocycles. The highest BCUT2D eigenvalue weighted by atomic mass is 16.5. The summed E-state index contributed by atoms with van der Waals surface area (Å²) in [6, 6.07) is -1.54. The molecule has 0 heterocycles. The fourth-order valence-electron chi connectivity index (χ4n) is 3.89. The van der Waals surface area contributed by atoms with Crippen molar-refractivity contribution in [3.8, 4) is 0 Å². The monoisotopic (exact) mass is 574 g/mol. The molecule has 0 radical (unpaired) electrons. The first-order chi connectivity index (χ1) is 18.3. The molecule has 4 N–H and O–H groups in total. The summed E-state index contributed by atoms with van der Waals surface area (Å²) in [5, 5.41) is 22.0. The Balaban J connectivity index is 0. The Kier molecular flexibility index (Phi) is 22.5. The molecule has 2 unspecified atom stereocenters. The van der Waals surface area contributed by atoms with Gasteiger partial charge in [-0.05, 0) is 25.2 Å². The quantitative estimate of drug-likeness (QED) is 0.0986. The Morgan fingerprint density at radius 1 is 0.825 bits per heavy atom. The summed E-state index contributed by atoms with van der Waals surface area (Å²) in [4.78, 5) is 69.3. The fourth-order valence-corrected chi connectivity index (χ4v) is 3.89. The minimum Gasteiger partial charge on any atom is -0.481 e. The van der Waals surface area contributed by atoms with E-state index in [0.29, 0.717) is 18.1 Å². The third-order valence-corrected chi connectivity index (χ3v) is 5.77. The number of unbranched alkanes of at least 4 members (excludes halogenated alkanes) is 2. The largest absolute Gasteiger partial charge is 0.481 e. The van der Waals surface area contributed by atoms with Crippen molar-refractivity contribution in [3.63, 3.8) is 0 Å². The molecule has 0 aromatic rings. The molecule has 0 spiro atoms. The molecule has 12 heteroatoms. The van der Waals surface area contributed by atoms with Crippen LogP contribution in [0.15, 0.2) is 0 Å². The molecule has 0 aliphatic rings. The normalized spacial score (nSPS) is 12.3. The van der Waals surface area contributed by atoms with E-state index in [1.807, 2.05) is 19.2 Å². The van der Waals surface area contributed by atoms with E-state index in [4.69, 9.17) is 19.7 Å². The lowest BCUT2D eigenvalue weighted by molar-refractivity contribution is -0.146. The third kappa shape index (κ3) is 21.0. The van der Waals surface area contributed by atoms with Crippen molar-refractivity contribution in [2.75, 3.05) is 33.0 Å². The number of carbonyl (C=O) groups is 6. The lowest BCUT2D eigenvalue weighted by atomic mass is 9.84. The van der Waals surface area contributed by atoms with E-state index in [0.717, 1.165) is 32.1 Å². The highest BCUT2D eigenvalue weighted by molar-refractivity contribution is 5.96. The number of carboxylic acids is 2. The molecule has 0 aromatic carbocycles. The zero-order chi connectivity index (χ0) is 29.8. The summed E-state index contributed by atoms with van der Waals surface area (Å²) < 4.78 is 10.6. The first-order valence-corrected chi connectivity index (χ1v) is 13.5. The van der Waals surface area contributed by atoms with Crippen LogP contribution >= 0.6 is 0 Å². The smallest absolute Gasteiger partial charge is 0.326 e. The zero-order valence-corrected chi connectivity index (χ0v) is 23.7. The Morgan fingerprint density at radius 3 is 2.05 bits per heavy atom. The zero-order valence-electron chi connectivity index (χ0n) is 23.7. The molecule has 0 aliphatic carbocycles. The van der Waals surface area contributed by atoms with Gasteiger partial charge >= 0.3 is 11.9 Å². The summed E-state index contributed by atoms with van der Waals surface area (Å²) in [5.74, 6) is -3.58. The number of ether oxygens (including phenoxy) is 2. The molecule has 0 bridgehead atoms. The molecule has 2 amide bonds. The maximum atomic E-state index is 12.4. The van der Waals surface area contributed by atoms with E-state index in [1.165, 1.54) is 0 Å². The van der Waals surface area contributed by atoms with Gasteiger partial charge in [-0.2, -0.15) is 0 Å². The van der Waals surface area contributed by atoms with Crippen molar-refractivity contribution in [2.45, 2.75) is 92.5 Å². The van der Waals surface area contributed by atoms with Crippen molar-refractivity contribution in [1.82, 2.24) is 10.6 Å². The lowest BCUT2D eigenvalue weighted by Crippen LogP contribution is -2.45. The number of ketones is 2. The van der Waals surface area contributed by atoms with Crippen LogP contribution in [0.2, 0.25) is 0 Å². The summed E-state index contributed by atoms with van der Waals surface area (Å²) in [5.41, 5.74) is 0. The van der Waals surface area contributed by atoms with Gasteiger partial charge in [-0.1, -0.05) is 48.0 Å². The van der Waals surface area contributed by atoms with E-state index >= 15 is 0 Å². The van der Waals surface area contributed by atoms with Gasteiger partial charge in [-0.25, -0.2) is 4.79 Å². The first kappa shape index (κ1) is 39.3. The maximum absolute atomic E-state index is 12.4. The summed E-state index contributed by atoms with van der Waals surface area (Å²) in [6.07, 6.45) is 3.31. The van der Waals surface area contributed by atoms with Crippen LogP contribution in [0, 0.1) is 17.8 Å². The summed E-state index contributed by atoms with van der Waals surface area (Å²) in [6.45, 7) is 8.74. The van der Waals surface area contributed by atoms with Crippen molar-refractivity contribution in [3.05, 3.63) is 0 Å². The number of hydrogen-bond donors (Lipinski definition) is 4. The number of Topliss-reactive ketones (excluding diaryl/α,β-unsaturated/α-hetero) is 2. The Morgan fingerprint density at radius 2 is 1.48 bits per heavy atom. The molecule has 0 aliphatic heterocycles. The van der Waals surface area contributed by atoms with Crippen LogP contribution in [0.1, 0.15) is 86.5 Å². The number of hydrogen-bond acceptors (Lipinski definition) is 8. The van der Waals surface area contributed by atoms with Crippen LogP contribution in [0.4, 0.5) is 0 Å². The van der Waals surface area contributed by atoms with E-state index in [1.54, 1.807) is 0 Å². The number of carboxylic acid groups (broad SMARTS) is 2. The molecular weight excluding hydrogens is 524 g/mol. The number of amides is 2. The second-order valence-electron chi connectivity index (χ2n) is 10.3. The number of nitrogens with one attached hydrogen (secondary N) is 2. The highest BCUT2D eigenvalue weighted by Crippen LogP contribution is 2.23. The average Bonchev–Trinajstić information content (AvgIpc) is 2.82. The van der Waals surface area contributed by atoms with Gasteiger partial charge in [0.05, 0.1) is 26.2 Å². The van der Waals surface area contributed by atoms with E-state index < -0.39 is 42.6 Å². The van der Waals surface area contributed by atoms with Crippen LogP contribution < -0.4 is 10.6 Å². The van der Waals surface area contributed by atoms with E-state index in [-0.39, 0.29) is 58.0 Å². The standard InChI is InChI=1S/C27H46N2O10.CH4/c1-18(2)14-20(26(35)19(3)4)8-6-5-7-9-21(30)17-39-13-12-38-11-10-28-23(31)15-22(27(36)37)29-24(32)16-25(33)34;/h18-20,22H,5-17H2,1-4H3,(H,28,31)(H,29,32)(H,33,34)(H,36,37);1H4. The first-order valence-electron chi connectivity index (χ1n) is 13.5. The molecule has 0 saturated heterocycles. The van der Waals surface area contributed by atoms with Gasteiger partial charge in [0, 0.05) is 24.8 Å². The predicted molar refractivity (Wildman–Crippen MR) is 149 cm³/mol. The minimum atomic E-state index is -1.54. The van der Waals surface area contributed by atoms with Crippen LogP contribution in [0.5, 0.6) is 0 Å². The van der Waals surface area contributed by atoms with Gasteiger partial charge in [0.25, 0.3) is 0 Å². The Labute approximate surface area is 237 Å². The molecule has 232 valence electrons. The SMILES string of the molecule is C.CC(C)CC(CCCCCC(=O)COCCOCCNC(=O)CC(NC(=O)CC(=O)O)C(=O)O)C(=O)C(C)C. The Bertz CT molecular complexity index is 798. The number of rotatable bonds is 24. The Hall–Kier alpha value is -2.86. The molecule has 0 fully saturated rings. The topological polar surface area (TPSA) is 185 Å². The van der Waals surface area contributed by atoms with Crippen LogP contribution in [-0.4, -0.2) is 84.5 Å². The second kappa shape index (κ2) is 22.9. The van der Waals surface area contributed by atoms with Gasteiger partial charge in [0.15, 0.2) is 5.78 Å². The van der Waals surface area contributed by atoms with Crippen molar-refractivity contribution >= 4 is 35.3 Å². The fraction of sp³-hybridized carbons (Fsp3) is 0.786. The molecule has 0 aromatic heterocycles. The van der Waals surface area contributed by atoms with Crippen molar-refractivity contribution in [2.24, 2.45) is 17.8 Å². The molecule has 40 heavy (non-hydrogen) atoms. The molecule has 12 nitrogen and oxygen atoms in total. The molecular formula is C28H50N2O10. The third-order valence-electron chi connectivity index (χ3n) is 5.77. The number of carbonyl (C=O) groups excluding carboxylic acids is 4. The molecule has 0 rings (SSSR count). The van der Waals surface area contributed by atoms with Gasteiger partial charge in [-0.15, -0.1) is 0 Å². The summed E-state index contributed by atoms with van der Waals surface area (Å²) >= 11 is 0. The lowest BCUT2D eigenvalue weighted by Gasteiger charge is -2.19. The second-order valence-corrected chi connectivity index (χ2v) is 10.3. The summed E-state index contributed by atoms with van der Waals surface area (Å²) in [7, 11) is 0. The van der Waals surface area contributed by atoms with Crippen LogP contribution in [0.3, 0.4) is 0 Å². The van der Waals surface area contributed by atoms with Gasteiger partial charge < -0.3 is 30.3 Å². The van der Waals surface area contributed by atoms with Gasteiger partial charge in [0.1, 0.15) is 24.9 Å². The average molecular weight is 575 g/mol. The van der Waals surface area contributed by atoms with E-state index in [9.17, 15) is 28.8 Å². The van der Waals surface area contributed by atoms with Gasteiger partial charge in [-0.3, -0.25) is 24.0 Å². The molecule has 2 atom stereocenters. The highest BCUT2D eigenvalue weighted by Gasteiger charge is 2.24. The van der Waals surface area contributed by atoms with Crippen LogP contribution in [0.25, 0.3) is 0 Å². The van der Waals surface area contributed by atoms with Crippen LogP contribution in [-0.2, 0) is 38.2 Å². The van der Waals surface area contributed by atoms with Crippen molar-refractivity contribution in [1.29, 1.82) is 0 Å². The maximum Gasteiger partial charge on any atom is 0.326 e. The van der Waals surface area contributed by atoms with E-state index in [2.05, 4.69) is 19.2 Å². The van der Waals surface area contributed by atoms with Crippen molar-refractivity contribution < 1.29 is 48.5 Å². The van der Waals surface area contributed by atoms with Gasteiger partial charge in [0.2, 0.25) is 11.8 Å². The minimum absolute atomic E-state index is 0.